The van der Waals surface area contributed by atoms with E-state index in [0.29, 0.717) is 6.54 Å². The molecule has 4 nitrogen and oxygen atoms in total. The summed E-state index contributed by atoms with van der Waals surface area (Å²) in [4.78, 5) is 12.1. The number of carbonyl (C=O) groups is 1. The molecule has 4 N–H and O–H groups in total. The van der Waals surface area contributed by atoms with Crippen LogP contribution in [0.2, 0.25) is 0 Å². The Morgan fingerprint density at radius 3 is 2.43 bits per heavy atom. The lowest BCUT2D eigenvalue weighted by atomic mass is 10.1. The normalized spacial score (nSPS) is 10.2. The lowest BCUT2D eigenvalue weighted by Gasteiger charge is -2.10. The Labute approximate surface area is 123 Å². The van der Waals surface area contributed by atoms with Crippen LogP contribution in [0.25, 0.3) is 0 Å². The zero-order valence-electron chi connectivity index (χ0n) is 11.8. The number of anilines is 1. The molecule has 2 aromatic rings. The van der Waals surface area contributed by atoms with Crippen molar-refractivity contribution in [3.63, 3.8) is 0 Å². The van der Waals surface area contributed by atoms with Crippen molar-refractivity contribution in [2.75, 3.05) is 5.43 Å². The van der Waals surface area contributed by atoms with Crippen molar-refractivity contribution in [1.82, 2.24) is 5.32 Å². The maximum Gasteiger partial charge on any atom is 0.253 e. The number of carbonyl (C=O) groups excluding carboxylic acids is 1. The second kappa shape index (κ2) is 6.85. The highest BCUT2D eigenvalue weighted by molar-refractivity contribution is 5.99. The van der Waals surface area contributed by atoms with E-state index in [9.17, 15) is 9.18 Å². The first-order chi connectivity index (χ1) is 10.2. The molecular formula is C16H18FN3O. The summed E-state index contributed by atoms with van der Waals surface area (Å²) >= 11 is 0. The van der Waals surface area contributed by atoms with Crippen molar-refractivity contribution in [1.29, 1.82) is 0 Å². The fourth-order valence-corrected chi connectivity index (χ4v) is 2.03. The highest BCUT2D eigenvalue weighted by atomic mass is 19.1. The molecule has 0 unspecified atom stereocenters. The van der Waals surface area contributed by atoms with Crippen LogP contribution in [-0.2, 0) is 13.0 Å². The summed E-state index contributed by atoms with van der Waals surface area (Å²) < 4.78 is 13.5. The van der Waals surface area contributed by atoms with Crippen molar-refractivity contribution < 1.29 is 9.18 Å². The molecule has 0 spiro atoms. The van der Waals surface area contributed by atoms with Gasteiger partial charge in [0.2, 0.25) is 0 Å². The van der Waals surface area contributed by atoms with Crippen LogP contribution < -0.4 is 16.6 Å². The largest absolute Gasteiger partial charge is 0.348 e. The second-order valence-electron chi connectivity index (χ2n) is 4.66. The minimum atomic E-state index is -0.558. The van der Waals surface area contributed by atoms with Gasteiger partial charge in [0.15, 0.2) is 0 Å². The van der Waals surface area contributed by atoms with E-state index in [2.05, 4.69) is 17.7 Å². The van der Waals surface area contributed by atoms with E-state index in [0.717, 1.165) is 12.0 Å². The first-order valence-electron chi connectivity index (χ1n) is 6.76. The molecule has 0 atom stereocenters. The van der Waals surface area contributed by atoms with Crippen molar-refractivity contribution in [2.24, 2.45) is 5.84 Å². The van der Waals surface area contributed by atoms with E-state index in [1.165, 1.54) is 23.8 Å². The zero-order valence-corrected chi connectivity index (χ0v) is 11.8. The average molecular weight is 287 g/mol. The van der Waals surface area contributed by atoms with Crippen LogP contribution in [0.4, 0.5) is 10.1 Å². The van der Waals surface area contributed by atoms with E-state index in [4.69, 9.17) is 5.84 Å². The van der Waals surface area contributed by atoms with E-state index < -0.39 is 5.82 Å². The number of nitrogens with one attached hydrogen (secondary N) is 2. The molecule has 110 valence electrons. The standard InChI is InChI=1S/C16H18FN3O/c1-2-11-6-8-12(9-7-11)10-19-16(21)13-4-3-5-14(17)15(13)20-18/h3-9,20H,2,10,18H2,1H3,(H,19,21). The van der Waals surface area contributed by atoms with Crippen molar-refractivity contribution >= 4 is 11.6 Å². The van der Waals surface area contributed by atoms with Crippen LogP contribution in [0.5, 0.6) is 0 Å². The number of hydrazine groups is 1. The molecule has 2 aromatic carbocycles. The summed E-state index contributed by atoms with van der Waals surface area (Å²) in [5, 5.41) is 2.75. The minimum Gasteiger partial charge on any atom is -0.348 e. The Balaban J connectivity index is 2.06. The Morgan fingerprint density at radius 1 is 1.14 bits per heavy atom. The zero-order chi connectivity index (χ0) is 15.2. The molecule has 0 radical (unpaired) electrons. The Bertz CT molecular complexity index is 626. The number of benzene rings is 2. The molecule has 21 heavy (non-hydrogen) atoms. The predicted octanol–water partition coefficient (Wildman–Crippen LogP) is 2.60. The molecule has 2 rings (SSSR count). The fourth-order valence-electron chi connectivity index (χ4n) is 2.03. The highest BCUT2D eigenvalue weighted by Crippen LogP contribution is 2.18. The number of hydrogen-bond acceptors (Lipinski definition) is 3. The molecule has 0 fully saturated rings. The van der Waals surface area contributed by atoms with Gasteiger partial charge in [-0.2, -0.15) is 0 Å². The Morgan fingerprint density at radius 2 is 1.81 bits per heavy atom. The van der Waals surface area contributed by atoms with Crippen LogP contribution in [0.1, 0.15) is 28.4 Å². The van der Waals surface area contributed by atoms with Crippen LogP contribution in [0, 0.1) is 5.82 Å². The summed E-state index contributed by atoms with van der Waals surface area (Å²) in [5.41, 5.74) is 4.63. The predicted molar refractivity (Wildman–Crippen MR) is 81.2 cm³/mol. The number of amides is 1. The maximum atomic E-state index is 13.5. The molecule has 0 aliphatic heterocycles. The van der Waals surface area contributed by atoms with Gasteiger partial charge < -0.3 is 10.7 Å². The lowest BCUT2D eigenvalue weighted by Crippen LogP contribution is -2.25. The van der Waals surface area contributed by atoms with Gasteiger partial charge in [-0.15, -0.1) is 0 Å². The van der Waals surface area contributed by atoms with Gasteiger partial charge in [-0.25, -0.2) is 4.39 Å². The molecule has 0 bridgehead atoms. The summed E-state index contributed by atoms with van der Waals surface area (Å²) in [6.07, 6.45) is 0.974. The van der Waals surface area contributed by atoms with Crippen LogP contribution >= 0.6 is 0 Å². The quantitative estimate of drug-likeness (QED) is 0.585. The molecule has 0 aliphatic rings. The SMILES string of the molecule is CCc1ccc(CNC(=O)c2cccc(F)c2NN)cc1. The van der Waals surface area contributed by atoms with Crippen molar-refractivity contribution in [3.05, 3.63) is 65.0 Å². The number of para-hydroxylation sites is 1. The van der Waals surface area contributed by atoms with Gasteiger partial charge in [-0.05, 0) is 29.7 Å². The number of halogens is 1. The molecule has 0 saturated heterocycles. The molecular weight excluding hydrogens is 269 g/mol. The van der Waals surface area contributed by atoms with E-state index in [1.54, 1.807) is 0 Å². The summed E-state index contributed by atoms with van der Waals surface area (Å²) in [6, 6.07) is 12.2. The lowest BCUT2D eigenvalue weighted by molar-refractivity contribution is 0.0951. The molecule has 0 aromatic heterocycles. The molecule has 0 aliphatic carbocycles. The summed E-state index contributed by atoms with van der Waals surface area (Å²) in [5.74, 6) is 4.33. The summed E-state index contributed by atoms with van der Waals surface area (Å²) in [6.45, 7) is 2.46. The van der Waals surface area contributed by atoms with Gasteiger partial charge in [-0.3, -0.25) is 10.6 Å². The van der Waals surface area contributed by atoms with E-state index in [1.807, 2.05) is 24.3 Å². The van der Waals surface area contributed by atoms with Gasteiger partial charge in [0.1, 0.15) is 5.82 Å². The topological polar surface area (TPSA) is 67.2 Å². The first kappa shape index (κ1) is 15.0. The Hall–Kier alpha value is -2.40. The van der Waals surface area contributed by atoms with Gasteiger partial charge in [0.05, 0.1) is 11.3 Å². The van der Waals surface area contributed by atoms with Gasteiger partial charge in [0.25, 0.3) is 5.91 Å². The summed E-state index contributed by atoms with van der Waals surface area (Å²) in [7, 11) is 0. The molecule has 0 heterocycles. The molecule has 0 saturated carbocycles. The van der Waals surface area contributed by atoms with Crippen molar-refractivity contribution in [3.8, 4) is 0 Å². The molecule has 5 heteroatoms. The average Bonchev–Trinajstić information content (AvgIpc) is 2.52. The number of hydrogen-bond donors (Lipinski definition) is 3. The Kier molecular flexibility index (Phi) is 4.90. The number of rotatable bonds is 5. The third kappa shape index (κ3) is 3.58. The second-order valence-corrected chi connectivity index (χ2v) is 4.66. The number of aryl methyl sites for hydroxylation is 1. The first-order valence-corrected chi connectivity index (χ1v) is 6.76. The highest BCUT2D eigenvalue weighted by Gasteiger charge is 2.13. The smallest absolute Gasteiger partial charge is 0.253 e. The van der Waals surface area contributed by atoms with Gasteiger partial charge in [0, 0.05) is 6.54 Å². The number of nitrogen functional groups attached to an aromatic ring is 1. The third-order valence-corrected chi connectivity index (χ3v) is 3.29. The van der Waals surface area contributed by atoms with E-state index in [-0.39, 0.29) is 17.2 Å². The monoisotopic (exact) mass is 287 g/mol. The van der Waals surface area contributed by atoms with Gasteiger partial charge >= 0.3 is 0 Å². The number of nitrogens with two attached hydrogens (primary N) is 1. The maximum absolute atomic E-state index is 13.5. The van der Waals surface area contributed by atoms with E-state index >= 15 is 0 Å². The fraction of sp³-hybridized carbons (Fsp3) is 0.188. The minimum absolute atomic E-state index is 0.00340. The molecule has 1 amide bonds. The van der Waals surface area contributed by atoms with Crippen LogP contribution in [0.3, 0.4) is 0 Å². The van der Waals surface area contributed by atoms with Crippen LogP contribution in [0.15, 0.2) is 42.5 Å². The third-order valence-electron chi connectivity index (χ3n) is 3.29. The van der Waals surface area contributed by atoms with Gasteiger partial charge in [-0.1, -0.05) is 37.3 Å². The van der Waals surface area contributed by atoms with Crippen LogP contribution in [-0.4, -0.2) is 5.91 Å². The van der Waals surface area contributed by atoms with Crippen molar-refractivity contribution in [2.45, 2.75) is 19.9 Å².